The van der Waals surface area contributed by atoms with Crippen LogP contribution in [0.5, 0.6) is 5.75 Å². The van der Waals surface area contributed by atoms with Gasteiger partial charge in [0.2, 0.25) is 0 Å². The third-order valence-corrected chi connectivity index (χ3v) is 6.13. The van der Waals surface area contributed by atoms with Gasteiger partial charge in [0, 0.05) is 11.6 Å². The number of nitrogens with zero attached hydrogens (tertiary/aromatic N) is 1. The van der Waals surface area contributed by atoms with Crippen LogP contribution in [0.4, 0.5) is 0 Å². The third kappa shape index (κ3) is 4.39. The molecule has 6 heteroatoms. The lowest BCUT2D eigenvalue weighted by Gasteiger charge is -2.08. The van der Waals surface area contributed by atoms with E-state index >= 15 is 0 Å². The minimum atomic E-state index is -3.61. The van der Waals surface area contributed by atoms with Crippen LogP contribution in [0.3, 0.4) is 0 Å². The van der Waals surface area contributed by atoms with E-state index in [-0.39, 0.29) is 10.9 Å². The average molecular weight is 385 g/mol. The topological polar surface area (TPSA) is 67.8 Å². The van der Waals surface area contributed by atoms with Gasteiger partial charge in [0.1, 0.15) is 16.5 Å². The van der Waals surface area contributed by atoms with Crippen molar-refractivity contribution in [1.82, 2.24) is 4.72 Å². The highest BCUT2D eigenvalue weighted by molar-refractivity contribution is 8.00. The van der Waals surface area contributed by atoms with Crippen LogP contribution in [0.2, 0.25) is 0 Å². The van der Waals surface area contributed by atoms with Gasteiger partial charge in [0.25, 0.3) is 10.0 Å². The SMILES string of the molecule is COc1ccc(C2=C(C)C(=NC(C)CCc3ccccc3)NS2(=O)=O)cc1. The summed E-state index contributed by atoms with van der Waals surface area (Å²) in [5, 5.41) is 0. The van der Waals surface area contributed by atoms with Crippen LogP contribution in [0, 0.1) is 0 Å². The Bertz CT molecular complexity index is 962. The van der Waals surface area contributed by atoms with Crippen molar-refractivity contribution in [3.63, 3.8) is 0 Å². The van der Waals surface area contributed by atoms with Crippen molar-refractivity contribution >= 4 is 20.8 Å². The Morgan fingerprint density at radius 1 is 1.07 bits per heavy atom. The Morgan fingerprint density at radius 3 is 2.37 bits per heavy atom. The number of rotatable bonds is 6. The van der Waals surface area contributed by atoms with Crippen LogP contribution >= 0.6 is 0 Å². The molecule has 2 aromatic carbocycles. The maximum absolute atomic E-state index is 12.6. The third-order valence-electron chi connectivity index (χ3n) is 4.59. The molecule has 142 valence electrons. The number of methoxy groups -OCH3 is 1. The van der Waals surface area contributed by atoms with Crippen molar-refractivity contribution in [3.8, 4) is 5.75 Å². The average Bonchev–Trinajstić information content (AvgIpc) is 2.89. The van der Waals surface area contributed by atoms with Crippen molar-refractivity contribution < 1.29 is 13.2 Å². The number of hydrogen-bond donors (Lipinski definition) is 1. The van der Waals surface area contributed by atoms with Crippen molar-refractivity contribution in [2.24, 2.45) is 4.99 Å². The fourth-order valence-corrected chi connectivity index (χ4v) is 4.61. The molecule has 0 saturated carbocycles. The summed E-state index contributed by atoms with van der Waals surface area (Å²) in [6, 6.07) is 17.2. The Balaban J connectivity index is 1.81. The highest BCUT2D eigenvalue weighted by atomic mass is 32.2. The number of hydrogen-bond acceptors (Lipinski definition) is 4. The van der Waals surface area contributed by atoms with Gasteiger partial charge in [-0.1, -0.05) is 30.3 Å². The maximum atomic E-state index is 12.6. The molecule has 0 amide bonds. The first-order valence-electron chi connectivity index (χ1n) is 8.91. The molecule has 3 rings (SSSR count). The Morgan fingerprint density at radius 2 is 1.74 bits per heavy atom. The summed E-state index contributed by atoms with van der Waals surface area (Å²) in [4.78, 5) is 4.90. The van der Waals surface area contributed by atoms with E-state index in [4.69, 9.17) is 4.74 Å². The molecule has 1 aliphatic heterocycles. The van der Waals surface area contributed by atoms with Gasteiger partial charge in [-0.3, -0.25) is 9.71 Å². The molecule has 1 N–H and O–H groups in total. The second-order valence-corrected chi connectivity index (χ2v) is 8.26. The molecular formula is C21H24N2O3S. The van der Waals surface area contributed by atoms with Crippen molar-refractivity contribution in [2.45, 2.75) is 32.7 Å². The zero-order chi connectivity index (χ0) is 19.4. The molecule has 0 spiro atoms. The van der Waals surface area contributed by atoms with Crippen molar-refractivity contribution in [2.75, 3.05) is 7.11 Å². The summed E-state index contributed by atoms with van der Waals surface area (Å²) in [6.45, 7) is 3.79. The predicted octanol–water partition coefficient (Wildman–Crippen LogP) is 3.78. The summed E-state index contributed by atoms with van der Waals surface area (Å²) < 4.78 is 33.0. The fourth-order valence-electron chi connectivity index (χ4n) is 3.11. The fraction of sp³-hybridized carbons (Fsp3) is 0.286. The van der Waals surface area contributed by atoms with Gasteiger partial charge in [-0.2, -0.15) is 0 Å². The van der Waals surface area contributed by atoms with E-state index in [1.807, 2.05) is 25.1 Å². The highest BCUT2D eigenvalue weighted by Crippen LogP contribution is 2.31. The molecule has 5 nitrogen and oxygen atoms in total. The molecular weight excluding hydrogens is 360 g/mol. The second kappa shape index (κ2) is 7.96. The zero-order valence-electron chi connectivity index (χ0n) is 15.8. The normalized spacial score (nSPS) is 18.4. The largest absolute Gasteiger partial charge is 0.497 e. The number of aliphatic imine (C=N–C) groups is 1. The van der Waals surface area contributed by atoms with Gasteiger partial charge in [-0.25, -0.2) is 8.42 Å². The molecule has 0 saturated heterocycles. The minimum absolute atomic E-state index is 0.00748. The van der Waals surface area contributed by atoms with Gasteiger partial charge in [0.15, 0.2) is 0 Å². The van der Waals surface area contributed by atoms with Crippen LogP contribution in [-0.2, 0) is 16.4 Å². The minimum Gasteiger partial charge on any atom is -0.497 e. The van der Waals surface area contributed by atoms with Crippen LogP contribution < -0.4 is 9.46 Å². The van der Waals surface area contributed by atoms with Gasteiger partial charge >= 0.3 is 0 Å². The Kier molecular flexibility index (Phi) is 5.65. The van der Waals surface area contributed by atoms with E-state index in [0.717, 1.165) is 12.8 Å². The lowest BCUT2D eigenvalue weighted by molar-refractivity contribution is 0.415. The molecule has 0 aromatic heterocycles. The standard InChI is InChI=1S/C21H24N2O3S/c1-15(9-10-17-7-5-4-6-8-17)22-21-16(2)20(27(24,25)23-21)18-11-13-19(26-3)14-12-18/h4-8,11-15H,9-10H2,1-3H3,(H,22,23). The molecule has 1 heterocycles. The second-order valence-electron chi connectivity index (χ2n) is 6.64. The number of sulfonamides is 1. The van der Waals surface area contributed by atoms with E-state index in [1.165, 1.54) is 5.56 Å². The van der Waals surface area contributed by atoms with Crippen molar-refractivity contribution in [3.05, 3.63) is 71.3 Å². The van der Waals surface area contributed by atoms with E-state index in [0.29, 0.717) is 22.7 Å². The first-order chi connectivity index (χ1) is 12.9. The Labute approximate surface area is 160 Å². The first-order valence-corrected chi connectivity index (χ1v) is 10.4. The van der Waals surface area contributed by atoms with Gasteiger partial charge in [-0.15, -0.1) is 0 Å². The van der Waals surface area contributed by atoms with Gasteiger partial charge in [0.05, 0.1) is 7.11 Å². The summed E-state index contributed by atoms with van der Waals surface area (Å²) in [7, 11) is -2.03. The summed E-state index contributed by atoms with van der Waals surface area (Å²) in [5.41, 5.74) is 2.53. The lowest BCUT2D eigenvalue weighted by Crippen LogP contribution is -2.25. The Hall–Kier alpha value is -2.60. The van der Waals surface area contributed by atoms with Crippen LogP contribution in [-0.4, -0.2) is 27.4 Å². The molecule has 0 radical (unpaired) electrons. The molecule has 1 aliphatic rings. The number of benzene rings is 2. The lowest BCUT2D eigenvalue weighted by atomic mass is 10.1. The molecule has 1 unspecified atom stereocenters. The summed E-state index contributed by atoms with van der Waals surface area (Å²) in [5.74, 6) is 1.12. The van der Waals surface area contributed by atoms with E-state index < -0.39 is 10.0 Å². The van der Waals surface area contributed by atoms with Gasteiger partial charge in [-0.05, 0) is 62.1 Å². The monoisotopic (exact) mass is 384 g/mol. The predicted molar refractivity (Wildman–Crippen MR) is 109 cm³/mol. The number of ether oxygens (including phenoxy) is 1. The first kappa shape index (κ1) is 19.2. The quantitative estimate of drug-likeness (QED) is 0.824. The molecule has 1 atom stereocenters. The van der Waals surface area contributed by atoms with Gasteiger partial charge < -0.3 is 4.74 Å². The van der Waals surface area contributed by atoms with Crippen LogP contribution in [0.1, 0.15) is 31.4 Å². The smallest absolute Gasteiger partial charge is 0.264 e. The molecule has 0 fully saturated rings. The highest BCUT2D eigenvalue weighted by Gasteiger charge is 2.32. The van der Waals surface area contributed by atoms with E-state index in [1.54, 1.807) is 38.3 Å². The number of amidine groups is 1. The van der Waals surface area contributed by atoms with Crippen molar-refractivity contribution in [1.29, 1.82) is 0 Å². The number of nitrogens with one attached hydrogen (secondary N) is 1. The van der Waals surface area contributed by atoms with E-state index in [9.17, 15) is 8.42 Å². The zero-order valence-corrected chi connectivity index (χ0v) is 16.6. The van der Waals surface area contributed by atoms with Crippen LogP contribution in [0.15, 0.2) is 65.2 Å². The van der Waals surface area contributed by atoms with E-state index in [2.05, 4.69) is 21.8 Å². The summed E-state index contributed by atoms with van der Waals surface area (Å²) in [6.07, 6.45) is 1.75. The molecule has 2 aromatic rings. The van der Waals surface area contributed by atoms with Crippen LogP contribution in [0.25, 0.3) is 4.91 Å². The summed E-state index contributed by atoms with van der Waals surface area (Å²) >= 11 is 0. The molecule has 0 aliphatic carbocycles. The maximum Gasteiger partial charge on any atom is 0.264 e. The molecule has 0 bridgehead atoms. The number of aryl methyl sites for hydroxylation is 1. The molecule has 27 heavy (non-hydrogen) atoms.